The van der Waals surface area contributed by atoms with E-state index in [4.69, 9.17) is 5.73 Å². The molecule has 5 nitrogen and oxygen atoms in total. The van der Waals surface area contributed by atoms with Crippen LogP contribution in [0.25, 0.3) is 11.1 Å². The van der Waals surface area contributed by atoms with E-state index in [9.17, 15) is 9.18 Å². The molecule has 0 spiro atoms. The van der Waals surface area contributed by atoms with Crippen LogP contribution in [-0.4, -0.2) is 28.8 Å². The summed E-state index contributed by atoms with van der Waals surface area (Å²) >= 11 is 0. The number of nitrogens with zero attached hydrogens (tertiary/aromatic N) is 3. The second kappa shape index (κ2) is 6.32. The molecule has 3 aromatic rings. The molecule has 1 aromatic heterocycles. The molecule has 1 amide bonds. The lowest BCUT2D eigenvalue weighted by atomic mass is 9.82. The predicted octanol–water partition coefficient (Wildman–Crippen LogP) is 2.92. The first-order chi connectivity index (χ1) is 13.0. The molecule has 0 aliphatic carbocycles. The number of hydrogen-bond acceptors (Lipinski definition) is 4. The average Bonchev–Trinajstić information content (AvgIpc) is 2.94. The van der Waals surface area contributed by atoms with Crippen molar-refractivity contribution in [1.29, 1.82) is 0 Å². The summed E-state index contributed by atoms with van der Waals surface area (Å²) in [6.07, 6.45) is 3.23. The highest BCUT2D eigenvalue weighted by Crippen LogP contribution is 2.40. The fraction of sp³-hybridized carbons (Fsp3) is 0.0952. The fourth-order valence-corrected chi connectivity index (χ4v) is 3.37. The molecule has 2 N–H and O–H groups in total. The van der Waals surface area contributed by atoms with Gasteiger partial charge in [-0.1, -0.05) is 30.3 Å². The van der Waals surface area contributed by atoms with Crippen LogP contribution in [-0.2, 0) is 10.3 Å². The number of nitrogens with two attached hydrogens (primary N) is 1. The summed E-state index contributed by atoms with van der Waals surface area (Å²) in [5.74, 6) is -0.420. The van der Waals surface area contributed by atoms with Gasteiger partial charge in [0.05, 0.1) is 0 Å². The molecule has 0 fully saturated rings. The van der Waals surface area contributed by atoms with Crippen LogP contribution in [0.1, 0.15) is 11.1 Å². The van der Waals surface area contributed by atoms with Gasteiger partial charge in [-0.3, -0.25) is 14.7 Å². The Morgan fingerprint density at radius 3 is 2.26 bits per heavy atom. The highest BCUT2D eigenvalue weighted by Gasteiger charge is 2.49. The number of likely N-dealkylation sites (N-methyl/N-ethyl adjacent to an activating group) is 1. The number of aliphatic imine (C=N–C) groups is 1. The number of carbonyl (C=O) groups excluding carboxylic acids is 1. The Balaban J connectivity index is 1.93. The van der Waals surface area contributed by atoms with Crippen molar-refractivity contribution in [3.8, 4) is 11.1 Å². The number of aromatic nitrogens is 1. The third kappa shape index (κ3) is 2.66. The number of halogens is 1. The first kappa shape index (κ1) is 16.9. The van der Waals surface area contributed by atoms with Crippen LogP contribution in [0.4, 0.5) is 4.39 Å². The molecule has 0 saturated carbocycles. The lowest BCUT2D eigenvalue weighted by Gasteiger charge is -2.26. The standard InChI is InChI=1S/C21H17FN4O/c1-26-19(27)21(25-20(26)23,16-8-10-24-11-9-16)17-6-2-4-14(12-17)15-5-3-7-18(22)13-15/h2-13H,1H3,(H2,23,25). The number of hydrogen-bond donors (Lipinski definition) is 1. The van der Waals surface area contributed by atoms with Crippen molar-refractivity contribution in [3.63, 3.8) is 0 Å². The van der Waals surface area contributed by atoms with E-state index < -0.39 is 5.54 Å². The molecule has 1 aliphatic heterocycles. The third-order valence-corrected chi connectivity index (χ3v) is 4.78. The van der Waals surface area contributed by atoms with E-state index in [-0.39, 0.29) is 17.7 Å². The Bertz CT molecular complexity index is 1050. The van der Waals surface area contributed by atoms with Crippen molar-refractivity contribution in [2.45, 2.75) is 5.54 Å². The zero-order chi connectivity index (χ0) is 19.0. The van der Waals surface area contributed by atoms with E-state index in [1.807, 2.05) is 30.3 Å². The lowest BCUT2D eigenvalue weighted by Crippen LogP contribution is -2.41. The van der Waals surface area contributed by atoms with Gasteiger partial charge in [-0.2, -0.15) is 0 Å². The Hall–Kier alpha value is -3.54. The van der Waals surface area contributed by atoms with Gasteiger partial charge in [0.1, 0.15) is 5.82 Å². The minimum atomic E-state index is -1.29. The maximum atomic E-state index is 13.7. The van der Waals surface area contributed by atoms with E-state index in [1.165, 1.54) is 17.0 Å². The van der Waals surface area contributed by atoms with E-state index >= 15 is 0 Å². The van der Waals surface area contributed by atoms with Crippen LogP contribution < -0.4 is 5.73 Å². The number of guanidine groups is 1. The minimum Gasteiger partial charge on any atom is -0.369 e. The van der Waals surface area contributed by atoms with Gasteiger partial charge < -0.3 is 5.73 Å². The van der Waals surface area contributed by atoms with Gasteiger partial charge in [-0.05, 0) is 52.6 Å². The molecule has 6 heteroatoms. The molecule has 4 rings (SSSR count). The van der Waals surface area contributed by atoms with Crippen molar-refractivity contribution in [1.82, 2.24) is 9.88 Å². The lowest BCUT2D eigenvalue weighted by molar-refractivity contribution is -0.129. The minimum absolute atomic E-state index is 0.146. The summed E-state index contributed by atoms with van der Waals surface area (Å²) in [4.78, 5) is 23.1. The number of carbonyl (C=O) groups is 1. The molecule has 1 atom stereocenters. The smallest absolute Gasteiger partial charge is 0.266 e. The van der Waals surface area contributed by atoms with Crippen molar-refractivity contribution >= 4 is 11.9 Å². The zero-order valence-electron chi connectivity index (χ0n) is 14.6. The number of rotatable bonds is 3. The van der Waals surface area contributed by atoms with Crippen LogP contribution in [0, 0.1) is 5.82 Å². The highest BCUT2D eigenvalue weighted by atomic mass is 19.1. The molecule has 1 unspecified atom stereocenters. The van der Waals surface area contributed by atoms with Gasteiger partial charge in [0.2, 0.25) is 0 Å². The van der Waals surface area contributed by atoms with Crippen molar-refractivity contribution in [2.24, 2.45) is 10.7 Å². The molecular weight excluding hydrogens is 343 g/mol. The Kier molecular flexibility index (Phi) is 3.96. The van der Waals surface area contributed by atoms with Gasteiger partial charge in [0.25, 0.3) is 5.91 Å². The molecule has 2 heterocycles. The SMILES string of the molecule is CN1C(=O)C(c2ccncc2)(c2cccc(-c3cccc(F)c3)c2)N=C1N. The van der Waals surface area contributed by atoms with Crippen LogP contribution in [0.2, 0.25) is 0 Å². The topological polar surface area (TPSA) is 71.6 Å². The van der Waals surface area contributed by atoms with Crippen molar-refractivity contribution in [3.05, 3.63) is 90.0 Å². The summed E-state index contributed by atoms with van der Waals surface area (Å²) in [5.41, 5.74) is 7.53. The van der Waals surface area contributed by atoms with E-state index in [2.05, 4.69) is 9.98 Å². The van der Waals surface area contributed by atoms with Crippen molar-refractivity contribution < 1.29 is 9.18 Å². The zero-order valence-corrected chi connectivity index (χ0v) is 14.6. The molecule has 0 saturated heterocycles. The quantitative estimate of drug-likeness (QED) is 0.781. The highest BCUT2D eigenvalue weighted by molar-refractivity contribution is 6.09. The molecule has 0 bridgehead atoms. The average molecular weight is 360 g/mol. The third-order valence-electron chi connectivity index (χ3n) is 4.78. The Labute approximate surface area is 156 Å². The van der Waals surface area contributed by atoms with Crippen LogP contribution in [0.3, 0.4) is 0 Å². The number of pyridine rings is 1. The van der Waals surface area contributed by atoms with Crippen LogP contribution in [0.5, 0.6) is 0 Å². The largest absolute Gasteiger partial charge is 0.369 e. The summed E-state index contributed by atoms with van der Waals surface area (Å²) in [5, 5.41) is 0. The maximum absolute atomic E-state index is 13.7. The van der Waals surface area contributed by atoms with Gasteiger partial charge in [0, 0.05) is 19.4 Å². The molecule has 27 heavy (non-hydrogen) atoms. The first-order valence-electron chi connectivity index (χ1n) is 8.43. The second-order valence-corrected chi connectivity index (χ2v) is 6.37. The second-order valence-electron chi connectivity index (χ2n) is 6.37. The molecule has 0 radical (unpaired) electrons. The molecule has 134 valence electrons. The van der Waals surface area contributed by atoms with Crippen molar-refractivity contribution in [2.75, 3.05) is 7.05 Å². The predicted molar refractivity (Wildman–Crippen MR) is 101 cm³/mol. The number of benzene rings is 2. The summed E-state index contributed by atoms with van der Waals surface area (Å²) < 4.78 is 13.7. The summed E-state index contributed by atoms with van der Waals surface area (Å²) in [6.45, 7) is 0. The number of amides is 1. The van der Waals surface area contributed by atoms with Crippen LogP contribution in [0.15, 0.2) is 78.0 Å². The van der Waals surface area contributed by atoms with Gasteiger partial charge in [-0.15, -0.1) is 0 Å². The van der Waals surface area contributed by atoms with Gasteiger partial charge in [-0.25, -0.2) is 9.38 Å². The Morgan fingerprint density at radius 1 is 0.963 bits per heavy atom. The Morgan fingerprint density at radius 2 is 1.63 bits per heavy atom. The first-order valence-corrected chi connectivity index (χ1v) is 8.43. The molecule has 1 aliphatic rings. The van der Waals surface area contributed by atoms with Crippen LogP contribution >= 0.6 is 0 Å². The normalized spacial score (nSPS) is 19.3. The van der Waals surface area contributed by atoms with E-state index in [0.717, 1.165) is 11.1 Å². The van der Waals surface area contributed by atoms with Gasteiger partial charge >= 0.3 is 0 Å². The van der Waals surface area contributed by atoms with E-state index in [1.54, 1.807) is 37.6 Å². The van der Waals surface area contributed by atoms with E-state index in [0.29, 0.717) is 11.1 Å². The van der Waals surface area contributed by atoms with Gasteiger partial charge in [0.15, 0.2) is 11.5 Å². The fourth-order valence-electron chi connectivity index (χ4n) is 3.37. The monoisotopic (exact) mass is 360 g/mol. The maximum Gasteiger partial charge on any atom is 0.266 e. The molecule has 2 aromatic carbocycles. The summed E-state index contributed by atoms with van der Waals surface area (Å²) in [7, 11) is 1.60. The molecular formula is C21H17FN4O. The summed E-state index contributed by atoms with van der Waals surface area (Å²) in [6, 6.07) is 17.2.